The van der Waals surface area contributed by atoms with Crippen molar-refractivity contribution >= 4 is 27.8 Å². The molecule has 1 heteroatoms. The van der Waals surface area contributed by atoms with Gasteiger partial charge in [-0.1, -0.05) is 184 Å². The summed E-state index contributed by atoms with van der Waals surface area (Å²) in [5.74, 6) is 0. The van der Waals surface area contributed by atoms with Crippen molar-refractivity contribution in [3.05, 3.63) is 223 Å². The summed E-state index contributed by atoms with van der Waals surface area (Å²) in [5.41, 5.74) is 18.4. The molecule has 0 unspecified atom stereocenters. The molecule has 56 heavy (non-hydrogen) atoms. The minimum absolute atomic E-state index is 0.0424. The Morgan fingerprint density at radius 2 is 0.804 bits per heavy atom. The molecule has 0 saturated heterocycles. The van der Waals surface area contributed by atoms with Gasteiger partial charge in [-0.05, 0) is 120 Å². The summed E-state index contributed by atoms with van der Waals surface area (Å²) in [5, 5.41) is 2.49. The summed E-state index contributed by atoms with van der Waals surface area (Å²) in [6.45, 7) is 4.70. The van der Waals surface area contributed by atoms with E-state index in [9.17, 15) is 0 Å². The molecule has 0 aliphatic heterocycles. The minimum Gasteiger partial charge on any atom is -0.310 e. The first-order chi connectivity index (χ1) is 27.5. The van der Waals surface area contributed by atoms with Crippen LogP contribution < -0.4 is 4.90 Å². The number of nitrogens with zero attached hydrogens (tertiary/aromatic N) is 1. The van der Waals surface area contributed by atoms with Gasteiger partial charge in [0.05, 0.1) is 0 Å². The van der Waals surface area contributed by atoms with Crippen molar-refractivity contribution in [1.82, 2.24) is 0 Å². The Balaban J connectivity index is 1.10. The molecule has 0 spiro atoms. The highest BCUT2D eigenvalue weighted by Crippen LogP contribution is 2.50. The van der Waals surface area contributed by atoms with E-state index in [1.807, 2.05) is 0 Å². The third-order valence-corrected chi connectivity index (χ3v) is 11.7. The van der Waals surface area contributed by atoms with E-state index in [1.165, 1.54) is 77.5 Å². The van der Waals surface area contributed by atoms with Crippen LogP contribution in [0.4, 0.5) is 17.1 Å². The quantitative estimate of drug-likeness (QED) is 0.159. The maximum atomic E-state index is 2.41. The Labute approximate surface area is 329 Å². The number of fused-ring (bicyclic) bond motifs is 4. The summed E-state index contributed by atoms with van der Waals surface area (Å²) in [7, 11) is 0. The van der Waals surface area contributed by atoms with E-state index in [-0.39, 0.29) is 5.41 Å². The van der Waals surface area contributed by atoms with Gasteiger partial charge >= 0.3 is 0 Å². The molecule has 0 amide bonds. The van der Waals surface area contributed by atoms with Crippen LogP contribution >= 0.6 is 0 Å². The number of hydrogen-bond donors (Lipinski definition) is 0. The van der Waals surface area contributed by atoms with Gasteiger partial charge in [-0.2, -0.15) is 0 Å². The molecule has 1 nitrogen and oxygen atoms in total. The van der Waals surface area contributed by atoms with Gasteiger partial charge in [0.1, 0.15) is 0 Å². The Hall–Kier alpha value is -6.96. The first kappa shape index (κ1) is 33.6. The standard InChI is InChI=1S/C55H41N/c1-55(2)53-23-12-11-21-50(53)51-34-28-43(36-54(51)55)40-26-31-45(32-27-40)56(44-29-24-39(25-30-44)38-14-5-3-6-15-38)46-33-35-49(52(37-46)42-16-7-4-8-17-42)48-22-13-19-41-18-9-10-20-47(41)48/h3-37H,1-2H3. The predicted octanol–water partition coefficient (Wildman–Crippen LogP) is 15.3. The molecule has 266 valence electrons. The fourth-order valence-corrected chi connectivity index (χ4v) is 8.79. The first-order valence-electron chi connectivity index (χ1n) is 19.5. The highest BCUT2D eigenvalue weighted by molar-refractivity contribution is 6.01. The molecular weight excluding hydrogens is 675 g/mol. The third kappa shape index (κ3) is 5.81. The van der Waals surface area contributed by atoms with E-state index in [2.05, 4.69) is 231 Å². The van der Waals surface area contributed by atoms with Crippen molar-refractivity contribution in [2.45, 2.75) is 19.3 Å². The molecule has 0 saturated carbocycles. The second kappa shape index (κ2) is 13.7. The van der Waals surface area contributed by atoms with Gasteiger partial charge < -0.3 is 4.90 Å². The highest BCUT2D eigenvalue weighted by Gasteiger charge is 2.35. The van der Waals surface area contributed by atoms with Crippen LogP contribution in [0.1, 0.15) is 25.0 Å². The SMILES string of the molecule is CC1(C)c2ccccc2-c2ccc(-c3ccc(N(c4ccc(-c5ccccc5)cc4)c4ccc(-c5cccc6ccccc56)c(-c5ccccc5)c4)cc3)cc21. The molecule has 0 atom stereocenters. The minimum atomic E-state index is -0.0424. The van der Waals surface area contributed by atoms with Gasteiger partial charge in [0.25, 0.3) is 0 Å². The van der Waals surface area contributed by atoms with Gasteiger partial charge in [0.15, 0.2) is 0 Å². The summed E-state index contributed by atoms with van der Waals surface area (Å²) >= 11 is 0. The van der Waals surface area contributed by atoms with E-state index in [4.69, 9.17) is 0 Å². The van der Waals surface area contributed by atoms with Crippen molar-refractivity contribution in [2.24, 2.45) is 0 Å². The second-order valence-corrected chi connectivity index (χ2v) is 15.3. The topological polar surface area (TPSA) is 3.24 Å². The summed E-state index contributed by atoms with van der Waals surface area (Å²) in [4.78, 5) is 2.39. The lowest BCUT2D eigenvalue weighted by Gasteiger charge is -2.27. The molecular formula is C55H41N. The first-order valence-corrected chi connectivity index (χ1v) is 19.5. The monoisotopic (exact) mass is 715 g/mol. The molecule has 9 aromatic rings. The lowest BCUT2D eigenvalue weighted by atomic mass is 9.81. The molecule has 0 radical (unpaired) electrons. The Bertz CT molecular complexity index is 2840. The largest absolute Gasteiger partial charge is 0.310 e. The molecule has 1 aliphatic carbocycles. The zero-order chi connectivity index (χ0) is 37.6. The van der Waals surface area contributed by atoms with Crippen molar-refractivity contribution in [3.63, 3.8) is 0 Å². The Morgan fingerprint density at radius 1 is 0.304 bits per heavy atom. The van der Waals surface area contributed by atoms with Gasteiger partial charge in [-0.3, -0.25) is 0 Å². The Morgan fingerprint density at radius 3 is 1.54 bits per heavy atom. The fourth-order valence-electron chi connectivity index (χ4n) is 8.79. The summed E-state index contributed by atoms with van der Waals surface area (Å²) in [6, 6.07) is 77.6. The molecule has 0 bridgehead atoms. The smallest absolute Gasteiger partial charge is 0.0468 e. The molecule has 0 aromatic heterocycles. The van der Waals surface area contributed by atoms with Crippen molar-refractivity contribution in [1.29, 1.82) is 0 Å². The molecule has 0 N–H and O–H groups in total. The molecule has 10 rings (SSSR count). The van der Waals surface area contributed by atoms with E-state index in [0.717, 1.165) is 17.1 Å². The fraction of sp³-hybridized carbons (Fsp3) is 0.0545. The van der Waals surface area contributed by atoms with Gasteiger partial charge in [0, 0.05) is 22.5 Å². The van der Waals surface area contributed by atoms with Crippen molar-refractivity contribution < 1.29 is 0 Å². The van der Waals surface area contributed by atoms with Gasteiger partial charge in [-0.25, -0.2) is 0 Å². The normalized spacial score (nSPS) is 12.6. The van der Waals surface area contributed by atoms with E-state index in [0.29, 0.717) is 0 Å². The third-order valence-electron chi connectivity index (χ3n) is 11.7. The predicted molar refractivity (Wildman–Crippen MR) is 238 cm³/mol. The van der Waals surface area contributed by atoms with E-state index in [1.54, 1.807) is 0 Å². The average molecular weight is 716 g/mol. The highest BCUT2D eigenvalue weighted by atomic mass is 15.1. The van der Waals surface area contributed by atoms with Crippen LogP contribution in [-0.2, 0) is 5.41 Å². The number of anilines is 3. The zero-order valence-corrected chi connectivity index (χ0v) is 31.7. The van der Waals surface area contributed by atoms with Crippen LogP contribution in [0.3, 0.4) is 0 Å². The van der Waals surface area contributed by atoms with Crippen LogP contribution in [0.25, 0.3) is 66.4 Å². The van der Waals surface area contributed by atoms with Crippen LogP contribution in [0.15, 0.2) is 212 Å². The van der Waals surface area contributed by atoms with Crippen molar-refractivity contribution in [3.8, 4) is 55.6 Å². The number of hydrogen-bond acceptors (Lipinski definition) is 1. The molecule has 1 aliphatic rings. The van der Waals surface area contributed by atoms with Gasteiger partial charge in [-0.15, -0.1) is 0 Å². The lowest BCUT2D eigenvalue weighted by Crippen LogP contribution is -2.14. The maximum absolute atomic E-state index is 2.41. The maximum Gasteiger partial charge on any atom is 0.0468 e. The van der Waals surface area contributed by atoms with Crippen LogP contribution in [-0.4, -0.2) is 0 Å². The van der Waals surface area contributed by atoms with Gasteiger partial charge in [0.2, 0.25) is 0 Å². The van der Waals surface area contributed by atoms with Crippen LogP contribution in [0.5, 0.6) is 0 Å². The molecule has 0 heterocycles. The molecule has 9 aromatic carbocycles. The Kier molecular flexibility index (Phi) is 8.23. The van der Waals surface area contributed by atoms with Crippen molar-refractivity contribution in [2.75, 3.05) is 4.90 Å². The van der Waals surface area contributed by atoms with Crippen LogP contribution in [0, 0.1) is 0 Å². The van der Waals surface area contributed by atoms with Crippen LogP contribution in [0.2, 0.25) is 0 Å². The lowest BCUT2D eigenvalue weighted by molar-refractivity contribution is 0.660. The second-order valence-electron chi connectivity index (χ2n) is 15.3. The van der Waals surface area contributed by atoms with E-state index < -0.39 is 0 Å². The number of benzene rings is 9. The average Bonchev–Trinajstić information content (AvgIpc) is 3.50. The number of rotatable bonds is 7. The summed E-state index contributed by atoms with van der Waals surface area (Å²) in [6.07, 6.45) is 0. The zero-order valence-electron chi connectivity index (χ0n) is 31.7. The molecule has 0 fully saturated rings. The van der Waals surface area contributed by atoms with E-state index >= 15 is 0 Å². The summed E-state index contributed by atoms with van der Waals surface area (Å²) < 4.78 is 0.